The third-order valence-electron chi connectivity index (χ3n) is 3.76. The summed E-state index contributed by atoms with van der Waals surface area (Å²) in [4.78, 5) is -0.138. The number of hydrogen-bond acceptors (Lipinski definition) is 3. The summed E-state index contributed by atoms with van der Waals surface area (Å²) in [6, 6.07) is 13.1. The second kappa shape index (κ2) is 8.76. The molecular weight excluding hydrogens is 406 g/mol. The monoisotopic (exact) mass is 423 g/mol. The zero-order valence-electron chi connectivity index (χ0n) is 16.0. The van der Waals surface area contributed by atoms with E-state index in [2.05, 4.69) is 5.10 Å². The van der Waals surface area contributed by atoms with Crippen molar-refractivity contribution in [2.24, 2.45) is 5.14 Å². The molecule has 0 aliphatic carbocycles. The van der Waals surface area contributed by atoms with Gasteiger partial charge in [0.1, 0.15) is 0 Å². The molecule has 28 heavy (non-hydrogen) atoms. The molecule has 3 rings (SSSR count). The summed E-state index contributed by atoms with van der Waals surface area (Å²) in [6.45, 7) is 1.87. The summed E-state index contributed by atoms with van der Waals surface area (Å²) in [6.07, 6.45) is -4.61. The number of benzene rings is 2. The van der Waals surface area contributed by atoms with E-state index in [0.717, 1.165) is 16.3 Å². The Balaban J connectivity index is 0.00000261. The Hall–Kier alpha value is -1.69. The summed E-state index contributed by atoms with van der Waals surface area (Å²) in [5.41, 5.74) is 0.996. The zero-order chi connectivity index (χ0) is 19.1. The van der Waals surface area contributed by atoms with Crippen LogP contribution in [0.2, 0.25) is 0 Å². The van der Waals surface area contributed by atoms with Crippen LogP contribution >= 0.6 is 0 Å². The van der Waals surface area contributed by atoms with Crippen molar-refractivity contribution in [2.75, 3.05) is 0 Å². The average Bonchev–Trinajstić information content (AvgIpc) is 3.00. The van der Waals surface area contributed by atoms with E-state index in [1.54, 1.807) is 24.3 Å². The summed E-state index contributed by atoms with van der Waals surface area (Å²) in [7, 11) is -3.90. The van der Waals surface area contributed by atoms with Crippen molar-refractivity contribution in [3.05, 3.63) is 65.9 Å². The van der Waals surface area contributed by atoms with Crippen molar-refractivity contribution in [3.8, 4) is 16.9 Å². The van der Waals surface area contributed by atoms with Crippen molar-refractivity contribution < 1.29 is 58.0 Å². The maximum absolute atomic E-state index is 13.1. The third kappa shape index (κ3) is 5.22. The van der Waals surface area contributed by atoms with Crippen LogP contribution in [0.5, 0.6) is 0 Å². The van der Waals surface area contributed by atoms with Crippen LogP contribution in [0.15, 0.2) is 59.5 Å². The van der Waals surface area contributed by atoms with Gasteiger partial charge in [-0.15, -0.1) is 0 Å². The quantitative estimate of drug-likeness (QED) is 0.590. The van der Waals surface area contributed by atoms with E-state index >= 15 is 0 Å². The van der Waals surface area contributed by atoms with E-state index in [4.69, 9.17) is 5.14 Å². The predicted octanol–water partition coefficient (Wildman–Crippen LogP) is -0.194. The second-order valence-corrected chi connectivity index (χ2v) is 7.29. The van der Waals surface area contributed by atoms with Gasteiger partial charge in [-0.1, -0.05) is 29.8 Å². The molecule has 4 N–H and O–H groups in total. The predicted molar refractivity (Wildman–Crippen MR) is 94.8 cm³/mol. The van der Waals surface area contributed by atoms with Gasteiger partial charge in [-0.25, -0.2) is 18.2 Å². The Kier molecular flexibility index (Phi) is 7.62. The van der Waals surface area contributed by atoms with Crippen LogP contribution in [0.25, 0.3) is 16.9 Å². The van der Waals surface area contributed by atoms with Crippen molar-refractivity contribution >= 4 is 10.0 Å². The van der Waals surface area contributed by atoms with Gasteiger partial charge in [0.2, 0.25) is 10.0 Å². The van der Waals surface area contributed by atoms with Crippen LogP contribution in [0, 0.1) is 6.92 Å². The minimum Gasteiger partial charge on any atom is -1.00 e. The van der Waals surface area contributed by atoms with Gasteiger partial charge in [-0.2, -0.15) is 18.3 Å². The zero-order valence-corrected chi connectivity index (χ0v) is 17.8. The second-order valence-electron chi connectivity index (χ2n) is 5.73. The van der Waals surface area contributed by atoms with Gasteiger partial charge >= 0.3 is 35.7 Å². The Morgan fingerprint density at radius 2 is 1.57 bits per heavy atom. The number of alkyl halides is 3. The van der Waals surface area contributed by atoms with Gasteiger partial charge in [-0.05, 0) is 37.3 Å². The summed E-state index contributed by atoms with van der Waals surface area (Å²) in [5, 5.41) is 8.70. The molecule has 0 atom stereocenters. The van der Waals surface area contributed by atoms with E-state index in [0.29, 0.717) is 5.56 Å². The fourth-order valence-corrected chi connectivity index (χ4v) is 2.94. The fraction of sp³-hybridized carbons (Fsp3) is 0.118. The molecule has 0 fully saturated rings. The smallest absolute Gasteiger partial charge is 1.00 e. The van der Waals surface area contributed by atoms with Gasteiger partial charge in [-0.3, -0.25) is 0 Å². The molecule has 1 heterocycles. The Labute approximate surface area is 183 Å². The molecule has 146 valence electrons. The Bertz CT molecular complexity index is 1050. The first-order valence-electron chi connectivity index (χ1n) is 7.43. The topological polar surface area (TPSA) is 109 Å². The van der Waals surface area contributed by atoms with Gasteiger partial charge in [0.15, 0.2) is 5.69 Å². The van der Waals surface area contributed by atoms with Gasteiger partial charge in [0.05, 0.1) is 16.3 Å². The number of nitrogens with zero attached hydrogens (tertiary/aromatic N) is 2. The van der Waals surface area contributed by atoms with E-state index in [1.165, 1.54) is 24.3 Å². The van der Waals surface area contributed by atoms with E-state index < -0.39 is 21.9 Å². The molecule has 11 heteroatoms. The SMILES string of the molecule is Cc1ccc(-c2cc(C(F)(F)F)nn2-c2ccc(S(N)(=O)=O)cc2)cc1.O.[H-].[Na+]. The average molecular weight is 423 g/mol. The first-order chi connectivity index (χ1) is 12.1. The van der Waals surface area contributed by atoms with Crippen LogP contribution < -0.4 is 34.7 Å². The largest absolute Gasteiger partial charge is 1.00 e. The number of rotatable bonds is 3. The molecule has 0 saturated carbocycles. The molecule has 6 nitrogen and oxygen atoms in total. The van der Waals surface area contributed by atoms with Crippen molar-refractivity contribution in [1.82, 2.24) is 9.78 Å². The fourth-order valence-electron chi connectivity index (χ4n) is 2.42. The van der Waals surface area contributed by atoms with E-state index in [-0.39, 0.29) is 52.7 Å². The molecule has 0 radical (unpaired) electrons. The van der Waals surface area contributed by atoms with Crippen LogP contribution in [-0.4, -0.2) is 23.7 Å². The maximum Gasteiger partial charge on any atom is 1.00 e. The Morgan fingerprint density at radius 1 is 1.04 bits per heavy atom. The molecule has 0 saturated heterocycles. The number of sulfonamides is 1. The van der Waals surface area contributed by atoms with Crippen molar-refractivity contribution in [3.63, 3.8) is 0 Å². The molecule has 1 aromatic heterocycles. The first-order valence-corrected chi connectivity index (χ1v) is 8.98. The van der Waals surface area contributed by atoms with Crippen LogP contribution in [0.1, 0.15) is 12.7 Å². The third-order valence-corrected chi connectivity index (χ3v) is 4.69. The van der Waals surface area contributed by atoms with E-state index in [9.17, 15) is 21.6 Å². The van der Waals surface area contributed by atoms with Gasteiger partial charge in [0.25, 0.3) is 0 Å². The van der Waals surface area contributed by atoms with Gasteiger partial charge < -0.3 is 6.90 Å². The minimum atomic E-state index is -4.61. The molecule has 0 unspecified atom stereocenters. The molecule has 0 spiro atoms. The molecule has 0 aliphatic heterocycles. The molecule has 0 aliphatic rings. The normalized spacial score (nSPS) is 11.5. The maximum atomic E-state index is 13.1. The molecular formula is C17H17F3N3NaO3S. The first kappa shape index (κ1) is 24.3. The molecule has 0 amide bonds. The van der Waals surface area contributed by atoms with E-state index in [1.807, 2.05) is 6.92 Å². The summed E-state index contributed by atoms with van der Waals surface area (Å²) >= 11 is 0. The molecule has 2 aromatic carbocycles. The minimum absolute atomic E-state index is 0. The van der Waals surface area contributed by atoms with Gasteiger partial charge in [0, 0.05) is 5.56 Å². The number of hydrogen-bond donors (Lipinski definition) is 1. The number of halogens is 3. The summed E-state index contributed by atoms with van der Waals surface area (Å²) < 4.78 is 63.2. The van der Waals surface area contributed by atoms with Crippen molar-refractivity contribution in [1.29, 1.82) is 0 Å². The van der Waals surface area contributed by atoms with Crippen LogP contribution in [0.4, 0.5) is 13.2 Å². The number of aryl methyl sites for hydroxylation is 1. The van der Waals surface area contributed by atoms with Crippen LogP contribution in [-0.2, 0) is 16.2 Å². The molecule has 3 aromatic rings. The number of aromatic nitrogens is 2. The number of nitrogens with two attached hydrogens (primary N) is 1. The molecule has 0 bridgehead atoms. The standard InChI is InChI=1S/C17H14F3N3O2S.Na.H2O.H/c1-11-2-4-12(5-3-11)15-10-16(17(18,19)20)22-23(15)13-6-8-14(9-7-13)26(21,24)25;;;/h2-10H,1H3,(H2,21,24,25);;1H2;/q;+1;;-1. The van der Waals surface area contributed by atoms with Crippen molar-refractivity contribution in [2.45, 2.75) is 18.0 Å². The Morgan fingerprint density at radius 3 is 2.04 bits per heavy atom. The van der Waals surface area contributed by atoms with Crippen LogP contribution in [0.3, 0.4) is 0 Å². The summed E-state index contributed by atoms with van der Waals surface area (Å²) in [5.74, 6) is 0. The number of primary sulfonamides is 1.